The molecule has 1 atom stereocenters. The first-order valence-electron chi connectivity index (χ1n) is 11.4. The molecule has 1 heterocycles. The second-order valence-electron chi connectivity index (χ2n) is 7.91. The Bertz CT molecular complexity index is 1330. The Morgan fingerprint density at radius 1 is 1.15 bits per heavy atom. The first-order chi connectivity index (χ1) is 18.6. The third-order valence-electron chi connectivity index (χ3n) is 5.12. The Morgan fingerprint density at radius 2 is 1.85 bits per heavy atom. The second-order valence-corrected chi connectivity index (χ2v) is 9.13. The molecule has 3 rings (SSSR count). The molecule has 2 aromatic rings. The van der Waals surface area contributed by atoms with Gasteiger partial charge >= 0.3 is 11.9 Å². The highest BCUT2D eigenvalue weighted by Crippen LogP contribution is 2.34. The van der Waals surface area contributed by atoms with Crippen molar-refractivity contribution >= 4 is 64.6 Å². The van der Waals surface area contributed by atoms with Gasteiger partial charge in [-0.25, -0.2) is 15.0 Å². The third kappa shape index (κ3) is 8.06. The maximum atomic E-state index is 12.7. The van der Waals surface area contributed by atoms with Crippen LogP contribution in [0.15, 0.2) is 52.8 Å². The smallest absolute Gasteiger partial charge is 0.341 e. The minimum absolute atomic E-state index is 0.0223. The molecule has 0 aliphatic carbocycles. The number of rotatable bonds is 11. The van der Waals surface area contributed by atoms with Crippen LogP contribution in [0.2, 0.25) is 10.0 Å². The molecule has 0 bridgehead atoms. The Hall–Kier alpha value is -3.87. The predicted octanol–water partition coefficient (Wildman–Crippen LogP) is 3.34. The van der Waals surface area contributed by atoms with Gasteiger partial charge in [0.1, 0.15) is 5.75 Å². The minimum atomic E-state index is -1.18. The van der Waals surface area contributed by atoms with E-state index in [0.717, 1.165) is 0 Å². The van der Waals surface area contributed by atoms with E-state index in [1.165, 1.54) is 18.3 Å². The van der Waals surface area contributed by atoms with Crippen LogP contribution >= 0.6 is 35.4 Å². The van der Waals surface area contributed by atoms with E-state index in [0.29, 0.717) is 33.3 Å². The van der Waals surface area contributed by atoms with Gasteiger partial charge in [0.25, 0.3) is 5.91 Å². The molecule has 4 N–H and O–H groups in total. The Labute approximate surface area is 239 Å². The third-order valence-corrected chi connectivity index (χ3v) is 5.90. The van der Waals surface area contributed by atoms with E-state index >= 15 is 0 Å². The normalized spacial score (nSPS) is 14.9. The number of halogens is 2. The van der Waals surface area contributed by atoms with Crippen LogP contribution in [-0.4, -0.2) is 54.1 Å². The molecule has 1 aliphatic rings. The van der Waals surface area contributed by atoms with E-state index in [1.54, 1.807) is 38.1 Å². The Balaban J connectivity index is 1.67. The summed E-state index contributed by atoms with van der Waals surface area (Å²) < 4.78 is 16.0. The quantitative estimate of drug-likeness (QED) is 0.132. The van der Waals surface area contributed by atoms with E-state index < -0.39 is 30.5 Å². The number of carboxylic acid groups (broad SMARTS) is 1. The van der Waals surface area contributed by atoms with Gasteiger partial charge in [-0.05, 0) is 49.8 Å². The van der Waals surface area contributed by atoms with Crippen LogP contribution in [0, 0.1) is 0 Å². The zero-order chi connectivity index (χ0) is 28.5. The molecule has 11 nitrogen and oxygen atoms in total. The highest BCUT2D eigenvalue weighted by Gasteiger charge is 2.32. The average molecular weight is 595 g/mol. The van der Waals surface area contributed by atoms with Crippen LogP contribution in [0.4, 0.5) is 0 Å². The molecule has 0 saturated heterocycles. The van der Waals surface area contributed by atoms with Crippen molar-refractivity contribution in [3.63, 3.8) is 0 Å². The van der Waals surface area contributed by atoms with Gasteiger partial charge in [0.05, 0.1) is 34.5 Å². The van der Waals surface area contributed by atoms with Crippen molar-refractivity contribution < 1.29 is 33.7 Å². The van der Waals surface area contributed by atoms with E-state index in [2.05, 4.69) is 21.2 Å². The number of hydrazone groups is 1. The lowest BCUT2D eigenvalue weighted by Gasteiger charge is -2.30. The van der Waals surface area contributed by atoms with Gasteiger partial charge < -0.3 is 30.0 Å². The maximum absolute atomic E-state index is 12.7. The molecule has 1 amide bonds. The van der Waals surface area contributed by atoms with Crippen LogP contribution < -0.4 is 25.5 Å². The van der Waals surface area contributed by atoms with Crippen molar-refractivity contribution in [1.29, 1.82) is 0 Å². The summed E-state index contributed by atoms with van der Waals surface area (Å²) in [5.74, 6) is -1.88. The number of ether oxygens (including phenoxy) is 3. The summed E-state index contributed by atoms with van der Waals surface area (Å²) in [6.07, 6.45) is 1.30. The van der Waals surface area contributed by atoms with Crippen molar-refractivity contribution in [2.45, 2.75) is 19.9 Å². The zero-order valence-electron chi connectivity index (χ0n) is 20.7. The lowest BCUT2D eigenvalue weighted by Crippen LogP contribution is -2.45. The molecule has 0 radical (unpaired) electrons. The summed E-state index contributed by atoms with van der Waals surface area (Å²) in [5, 5.41) is 19.1. The first-order valence-corrected chi connectivity index (χ1v) is 12.6. The molecule has 14 heteroatoms. The number of carbonyl (C=O) groups excluding carboxylic acids is 2. The molecule has 0 spiro atoms. The van der Waals surface area contributed by atoms with Crippen LogP contribution in [0.5, 0.6) is 11.5 Å². The summed E-state index contributed by atoms with van der Waals surface area (Å²) in [4.78, 5) is 35.7. The SMILES string of the molecule is CCOC(=O)C1=C(C)NC(=S)N[C@H]1c1ccccc1OCC(=O)NN=Cc1cc(Cl)c(OCC(=O)O)c(Cl)c1. The van der Waals surface area contributed by atoms with E-state index in [1.807, 2.05) is 0 Å². The van der Waals surface area contributed by atoms with Crippen molar-refractivity contribution in [2.24, 2.45) is 5.10 Å². The molecular formula is C25H24Cl2N4O7S. The number of hydrogen-bond donors (Lipinski definition) is 4. The highest BCUT2D eigenvalue weighted by atomic mass is 35.5. The maximum Gasteiger partial charge on any atom is 0.341 e. The average Bonchev–Trinajstić information content (AvgIpc) is 2.86. The molecule has 0 unspecified atom stereocenters. The zero-order valence-corrected chi connectivity index (χ0v) is 23.1. The molecule has 2 aromatic carbocycles. The van der Waals surface area contributed by atoms with Crippen molar-refractivity contribution in [1.82, 2.24) is 16.1 Å². The molecule has 206 valence electrons. The van der Waals surface area contributed by atoms with Crippen molar-refractivity contribution in [2.75, 3.05) is 19.8 Å². The summed E-state index contributed by atoms with van der Waals surface area (Å²) in [5.41, 5.74) is 4.23. The van der Waals surface area contributed by atoms with Gasteiger partial charge in [-0.1, -0.05) is 41.4 Å². The number of carbonyl (C=O) groups is 3. The number of allylic oxidation sites excluding steroid dienone is 1. The summed E-state index contributed by atoms with van der Waals surface area (Å²) in [6.45, 7) is 2.65. The van der Waals surface area contributed by atoms with Gasteiger partial charge in [-0.2, -0.15) is 5.10 Å². The van der Waals surface area contributed by atoms with Gasteiger partial charge in [-0.15, -0.1) is 0 Å². The molecule has 1 aliphatic heterocycles. The largest absolute Gasteiger partial charge is 0.483 e. The molecule has 0 fully saturated rings. The molecule has 0 aromatic heterocycles. The standard InChI is InChI=1S/C25H24Cl2N4O7S/c1-3-36-24(35)21-13(2)29-25(39)30-22(21)15-6-4-5-7-18(15)37-11-19(32)31-28-10-14-8-16(26)23(17(27)9-14)38-12-20(33)34/h4-10,22H,3,11-12H2,1-2H3,(H,31,32)(H,33,34)(H2,29,30,39)/t22-/m0/s1. The molecular weight excluding hydrogens is 571 g/mol. The fraction of sp³-hybridized carbons (Fsp3) is 0.240. The summed E-state index contributed by atoms with van der Waals surface area (Å²) in [7, 11) is 0. The van der Waals surface area contributed by atoms with Crippen molar-refractivity contribution in [3.8, 4) is 11.5 Å². The number of carboxylic acids is 1. The highest BCUT2D eigenvalue weighted by molar-refractivity contribution is 7.80. The minimum Gasteiger partial charge on any atom is -0.483 e. The van der Waals surface area contributed by atoms with Gasteiger partial charge in [0.15, 0.2) is 24.1 Å². The number of aliphatic carboxylic acids is 1. The Morgan fingerprint density at radius 3 is 2.51 bits per heavy atom. The number of amides is 1. The lowest BCUT2D eigenvalue weighted by atomic mass is 9.95. The number of esters is 1. The molecule has 0 saturated carbocycles. The first kappa shape index (κ1) is 29.7. The van der Waals surface area contributed by atoms with Crippen LogP contribution in [0.3, 0.4) is 0 Å². The van der Waals surface area contributed by atoms with E-state index in [-0.39, 0.29) is 29.0 Å². The lowest BCUT2D eigenvalue weighted by molar-refractivity contribution is -0.140. The van der Waals surface area contributed by atoms with Crippen molar-refractivity contribution in [3.05, 3.63) is 68.8 Å². The van der Waals surface area contributed by atoms with E-state index in [9.17, 15) is 14.4 Å². The Kier molecular flexibility index (Phi) is 10.5. The summed E-state index contributed by atoms with van der Waals surface area (Å²) >= 11 is 17.5. The number of benzene rings is 2. The number of para-hydroxylation sites is 1. The van der Waals surface area contributed by atoms with Gasteiger partial charge in [0.2, 0.25) is 0 Å². The van der Waals surface area contributed by atoms with Crippen LogP contribution in [0.1, 0.15) is 31.0 Å². The molecule has 39 heavy (non-hydrogen) atoms. The number of nitrogens with zero attached hydrogens (tertiary/aromatic N) is 1. The second kappa shape index (κ2) is 13.8. The predicted molar refractivity (Wildman–Crippen MR) is 148 cm³/mol. The fourth-order valence-corrected chi connectivity index (χ4v) is 4.42. The summed E-state index contributed by atoms with van der Waals surface area (Å²) in [6, 6.07) is 9.14. The van der Waals surface area contributed by atoms with Crippen LogP contribution in [0.25, 0.3) is 0 Å². The fourth-order valence-electron chi connectivity index (χ4n) is 3.54. The van der Waals surface area contributed by atoms with E-state index in [4.69, 9.17) is 54.7 Å². The topological polar surface area (TPSA) is 148 Å². The number of nitrogens with one attached hydrogen (secondary N) is 3. The number of hydrogen-bond acceptors (Lipinski definition) is 8. The van der Waals surface area contributed by atoms with Gasteiger partial charge in [-0.3, -0.25) is 4.79 Å². The number of thiocarbonyl (C=S) groups is 1. The monoisotopic (exact) mass is 594 g/mol. The van der Waals surface area contributed by atoms with Gasteiger partial charge in [0, 0.05) is 11.3 Å². The van der Waals surface area contributed by atoms with Crippen LogP contribution in [-0.2, 0) is 19.1 Å².